The number of rotatable bonds is 3. The lowest BCUT2D eigenvalue weighted by Gasteiger charge is -2.25. The van der Waals surface area contributed by atoms with Crippen LogP contribution in [0, 0.1) is 33.6 Å². The second-order valence-electron chi connectivity index (χ2n) is 9.27. The number of hydrogen-bond donors (Lipinski definition) is 3. The Morgan fingerprint density at radius 2 is 1.65 bits per heavy atom. The van der Waals surface area contributed by atoms with Gasteiger partial charge < -0.3 is 19.7 Å². The Kier molecular flexibility index (Phi) is 12.1. The molecule has 0 radical (unpaired) electrons. The van der Waals surface area contributed by atoms with Crippen molar-refractivity contribution in [1.82, 2.24) is 0 Å². The third-order valence-electron chi connectivity index (χ3n) is 5.05. The fraction of sp³-hybridized carbons (Fsp3) is 0.464. The number of fused-ring (bicyclic) bond motifs is 1. The zero-order chi connectivity index (χ0) is 25.9. The summed E-state index contributed by atoms with van der Waals surface area (Å²) < 4.78 is 9.64. The van der Waals surface area contributed by atoms with Crippen LogP contribution in [0.25, 0.3) is 11.1 Å². The number of anilines is 1. The lowest BCUT2D eigenvalue weighted by Crippen LogP contribution is -2.11. The van der Waals surface area contributed by atoms with Crippen LogP contribution in [0.15, 0.2) is 24.3 Å². The van der Waals surface area contributed by atoms with Gasteiger partial charge in [0.2, 0.25) is 0 Å². The first-order valence-corrected chi connectivity index (χ1v) is 12.5. The van der Waals surface area contributed by atoms with Crippen molar-refractivity contribution >= 4 is 23.6 Å². The Hall–Kier alpha value is -2.62. The molecule has 1 aliphatic rings. The van der Waals surface area contributed by atoms with E-state index in [4.69, 9.17) is 9.84 Å². The number of ether oxygens (including phenoxy) is 1. The van der Waals surface area contributed by atoms with Crippen LogP contribution in [0.2, 0.25) is 0 Å². The molecular weight excluding hydrogens is 446 g/mol. The van der Waals surface area contributed by atoms with Crippen LogP contribution < -0.4 is 9.46 Å². The molecule has 1 heterocycles. The molecule has 34 heavy (non-hydrogen) atoms. The van der Waals surface area contributed by atoms with Gasteiger partial charge in [-0.1, -0.05) is 41.8 Å². The van der Waals surface area contributed by atoms with Crippen LogP contribution in [-0.4, -0.2) is 34.1 Å². The molecule has 2 aromatic carbocycles. The molecule has 0 aliphatic carbocycles. The second-order valence-corrected chi connectivity index (χ2v) is 10.2. The van der Waals surface area contributed by atoms with Gasteiger partial charge in [-0.05, 0) is 83.1 Å². The fourth-order valence-electron chi connectivity index (χ4n) is 3.57. The van der Waals surface area contributed by atoms with Crippen LogP contribution in [0.5, 0.6) is 5.75 Å². The van der Waals surface area contributed by atoms with Gasteiger partial charge in [-0.3, -0.25) is 4.79 Å². The summed E-state index contributed by atoms with van der Waals surface area (Å²) in [5.41, 5.74) is 6.45. The smallest absolute Gasteiger partial charge is 0.307 e. The van der Waals surface area contributed by atoms with E-state index >= 15 is 0 Å². The van der Waals surface area contributed by atoms with Crippen LogP contribution in [0.1, 0.15) is 62.3 Å². The maximum atomic E-state index is 11.6. The van der Waals surface area contributed by atoms with E-state index in [2.05, 4.69) is 48.8 Å². The number of carboxylic acids is 1. The van der Waals surface area contributed by atoms with Crippen molar-refractivity contribution in [2.45, 2.75) is 72.8 Å². The number of benzene rings is 2. The van der Waals surface area contributed by atoms with E-state index < -0.39 is 11.6 Å². The zero-order valence-corrected chi connectivity index (χ0v) is 22.1. The van der Waals surface area contributed by atoms with Gasteiger partial charge >= 0.3 is 5.97 Å². The minimum atomic E-state index is -0.820. The van der Waals surface area contributed by atoms with Crippen LogP contribution >= 0.6 is 11.9 Å². The third-order valence-corrected chi connectivity index (χ3v) is 5.89. The average Bonchev–Trinajstić information content (AvgIpc) is 2.76. The molecule has 0 saturated heterocycles. The SMILES string of the molecule is C#C.CC(C)(C)O.Cc1ccc(-c2c(C)c3c(c(C)c2CC(=O)O)NSCCCCCO3)cc1. The highest BCUT2D eigenvalue weighted by Crippen LogP contribution is 2.44. The predicted octanol–water partition coefficient (Wildman–Crippen LogP) is 6.56. The van der Waals surface area contributed by atoms with E-state index in [1.165, 1.54) is 5.56 Å². The van der Waals surface area contributed by atoms with Gasteiger partial charge in [0, 0.05) is 11.3 Å². The van der Waals surface area contributed by atoms with E-state index in [1.807, 2.05) is 13.8 Å². The summed E-state index contributed by atoms with van der Waals surface area (Å²) in [7, 11) is 0. The quantitative estimate of drug-likeness (QED) is 0.338. The second kappa shape index (κ2) is 13.9. The number of aliphatic hydroxyl groups is 1. The Morgan fingerprint density at radius 3 is 2.21 bits per heavy atom. The minimum Gasteiger partial charge on any atom is -0.491 e. The number of terminal acetylenes is 1. The maximum absolute atomic E-state index is 11.6. The van der Waals surface area contributed by atoms with E-state index in [0.717, 1.165) is 64.3 Å². The first-order valence-electron chi connectivity index (χ1n) is 11.5. The van der Waals surface area contributed by atoms with Crippen LogP contribution in [-0.2, 0) is 11.2 Å². The Bertz CT molecular complexity index is 953. The molecule has 0 aromatic heterocycles. The highest BCUT2D eigenvalue weighted by atomic mass is 32.2. The lowest BCUT2D eigenvalue weighted by atomic mass is 9.88. The molecule has 6 heteroatoms. The van der Waals surface area contributed by atoms with E-state index in [0.29, 0.717) is 6.61 Å². The topological polar surface area (TPSA) is 78.8 Å². The van der Waals surface area contributed by atoms with E-state index in [9.17, 15) is 9.90 Å². The molecule has 0 saturated carbocycles. The van der Waals surface area contributed by atoms with Gasteiger partial charge in [-0.15, -0.1) is 12.8 Å². The molecule has 1 aliphatic heterocycles. The summed E-state index contributed by atoms with van der Waals surface area (Å²) in [5, 5.41) is 18.0. The number of carboxylic acid groups (broad SMARTS) is 1. The average molecular weight is 486 g/mol. The van der Waals surface area contributed by atoms with Crippen molar-refractivity contribution in [1.29, 1.82) is 0 Å². The first kappa shape index (κ1) is 29.4. The van der Waals surface area contributed by atoms with E-state index in [1.54, 1.807) is 32.7 Å². The molecule has 0 bridgehead atoms. The van der Waals surface area contributed by atoms with Gasteiger partial charge in [-0.2, -0.15) is 0 Å². The number of carbonyl (C=O) groups is 1. The van der Waals surface area contributed by atoms with Crippen LogP contribution in [0.4, 0.5) is 5.69 Å². The number of aryl methyl sites for hydroxylation is 1. The van der Waals surface area contributed by atoms with Crippen molar-refractivity contribution in [3.05, 3.63) is 46.5 Å². The molecule has 0 unspecified atom stereocenters. The maximum Gasteiger partial charge on any atom is 0.307 e. The molecule has 186 valence electrons. The number of aliphatic carboxylic acids is 1. The Morgan fingerprint density at radius 1 is 1.06 bits per heavy atom. The van der Waals surface area contributed by atoms with Gasteiger partial charge in [0.25, 0.3) is 0 Å². The molecular formula is C28H39NO4S. The van der Waals surface area contributed by atoms with Crippen molar-refractivity contribution in [3.8, 4) is 29.7 Å². The number of nitrogens with one attached hydrogen (secondary N) is 1. The standard InChI is InChI=1S/C22H27NO3S.C4H10O.C2H2/c1-14-7-9-17(10-8-14)20-16(3)22-21(15(2)18(20)13-19(24)25)23-27-12-6-4-5-11-26-22;1-4(2,3)5;1-2/h7-10,23H,4-6,11-13H2,1-3H3,(H,24,25);5H,1-3H3;1-2H. The summed E-state index contributed by atoms with van der Waals surface area (Å²) >= 11 is 1.67. The molecule has 0 spiro atoms. The predicted molar refractivity (Wildman–Crippen MR) is 145 cm³/mol. The summed E-state index contributed by atoms with van der Waals surface area (Å²) in [6.45, 7) is 12.0. The van der Waals surface area contributed by atoms with Gasteiger partial charge in [-0.25, -0.2) is 0 Å². The van der Waals surface area contributed by atoms with E-state index in [-0.39, 0.29) is 6.42 Å². The largest absolute Gasteiger partial charge is 0.491 e. The van der Waals surface area contributed by atoms with Crippen molar-refractivity contribution in [2.75, 3.05) is 17.1 Å². The Balaban J connectivity index is 0.000000733. The Labute approximate surface area is 209 Å². The molecule has 3 N–H and O–H groups in total. The van der Waals surface area contributed by atoms with Crippen molar-refractivity contribution in [2.24, 2.45) is 0 Å². The minimum absolute atomic E-state index is 0.00445. The molecule has 5 nitrogen and oxygen atoms in total. The lowest BCUT2D eigenvalue weighted by molar-refractivity contribution is -0.136. The first-order chi connectivity index (χ1) is 16.0. The monoisotopic (exact) mass is 485 g/mol. The molecule has 0 atom stereocenters. The fourth-order valence-corrected chi connectivity index (χ4v) is 4.41. The van der Waals surface area contributed by atoms with Crippen molar-refractivity contribution < 1.29 is 19.7 Å². The van der Waals surface area contributed by atoms with Gasteiger partial charge in [0.05, 0.1) is 24.3 Å². The highest BCUT2D eigenvalue weighted by molar-refractivity contribution is 8.00. The van der Waals surface area contributed by atoms with Gasteiger partial charge in [0.15, 0.2) is 0 Å². The van der Waals surface area contributed by atoms with Gasteiger partial charge in [0.1, 0.15) is 5.75 Å². The summed E-state index contributed by atoms with van der Waals surface area (Å²) in [4.78, 5) is 11.6. The van der Waals surface area contributed by atoms with Crippen LogP contribution in [0.3, 0.4) is 0 Å². The summed E-state index contributed by atoms with van der Waals surface area (Å²) in [6, 6.07) is 8.26. The van der Waals surface area contributed by atoms with Crippen molar-refractivity contribution in [3.63, 3.8) is 0 Å². The molecule has 2 aromatic rings. The molecule has 0 amide bonds. The summed E-state index contributed by atoms with van der Waals surface area (Å²) in [5.74, 6) is 1.07. The number of hydrogen-bond acceptors (Lipinski definition) is 5. The highest BCUT2D eigenvalue weighted by Gasteiger charge is 2.23. The zero-order valence-electron chi connectivity index (χ0n) is 21.3. The third kappa shape index (κ3) is 9.32. The summed E-state index contributed by atoms with van der Waals surface area (Å²) in [6.07, 6.45) is 11.3. The molecule has 3 rings (SSSR count). The normalized spacial score (nSPS) is 13.4. The molecule has 0 fully saturated rings.